The van der Waals surface area contributed by atoms with E-state index >= 15 is 0 Å². The third kappa shape index (κ3) is 3.67. The van der Waals surface area contributed by atoms with Crippen molar-refractivity contribution in [2.45, 2.75) is 6.54 Å². The number of furan rings is 1. The molecule has 0 saturated carbocycles. The van der Waals surface area contributed by atoms with Crippen LogP contribution in [-0.2, 0) is 11.3 Å². The lowest BCUT2D eigenvalue weighted by atomic mass is 10.1. The maximum absolute atomic E-state index is 12.6. The fourth-order valence-corrected chi connectivity index (χ4v) is 3.46. The molecule has 0 atom stereocenters. The molecular weight excluding hydrogens is 408 g/mol. The zero-order valence-corrected chi connectivity index (χ0v) is 16.9. The van der Waals surface area contributed by atoms with Gasteiger partial charge in [-0.05, 0) is 35.9 Å². The van der Waals surface area contributed by atoms with Crippen molar-refractivity contribution in [3.05, 3.63) is 70.4 Å². The van der Waals surface area contributed by atoms with E-state index in [9.17, 15) is 9.59 Å². The van der Waals surface area contributed by atoms with Gasteiger partial charge in [0.1, 0.15) is 11.1 Å². The van der Waals surface area contributed by atoms with E-state index in [1.54, 1.807) is 30.3 Å². The van der Waals surface area contributed by atoms with Gasteiger partial charge in [-0.1, -0.05) is 29.8 Å². The number of hydrogen-bond donors (Lipinski definition) is 1. The average molecular weight is 425 g/mol. The first-order valence-electron chi connectivity index (χ1n) is 9.02. The first-order chi connectivity index (χ1) is 14.5. The van der Waals surface area contributed by atoms with Crippen molar-refractivity contribution in [3.8, 4) is 5.88 Å². The SMILES string of the molecule is COC(=O)c1cc2cc(Cl)cc(CNC(=O)c3cc4ccccc4o3)c2nc1OC. The summed E-state index contributed by atoms with van der Waals surface area (Å²) in [5.74, 6) is -0.596. The standard InChI is InChI=1S/C22H17ClN2O5/c1-28-21-16(22(27)29-2)9-13-7-15(23)8-14(19(13)25-21)11-24-20(26)18-10-12-5-3-4-6-17(12)30-18/h3-10H,11H2,1-2H3,(H,24,26). The number of ether oxygens (including phenoxy) is 2. The molecule has 8 heteroatoms. The maximum atomic E-state index is 12.6. The molecule has 0 spiro atoms. The van der Waals surface area contributed by atoms with Gasteiger partial charge in [-0.15, -0.1) is 0 Å². The number of aromatic nitrogens is 1. The van der Waals surface area contributed by atoms with Crippen LogP contribution in [0.5, 0.6) is 5.88 Å². The van der Waals surface area contributed by atoms with E-state index in [4.69, 9.17) is 25.5 Å². The third-order valence-electron chi connectivity index (χ3n) is 4.61. The Bertz CT molecular complexity index is 1250. The number of nitrogens with zero attached hydrogens (tertiary/aromatic N) is 1. The molecule has 1 amide bonds. The lowest BCUT2D eigenvalue weighted by molar-refractivity contribution is 0.0596. The highest BCUT2D eigenvalue weighted by atomic mass is 35.5. The maximum Gasteiger partial charge on any atom is 0.343 e. The quantitative estimate of drug-likeness (QED) is 0.479. The van der Waals surface area contributed by atoms with E-state index < -0.39 is 5.97 Å². The van der Waals surface area contributed by atoms with Gasteiger partial charge in [-0.3, -0.25) is 4.79 Å². The molecule has 2 heterocycles. The molecule has 1 N–H and O–H groups in total. The minimum atomic E-state index is -0.569. The van der Waals surface area contributed by atoms with Crippen LogP contribution in [0.25, 0.3) is 21.9 Å². The molecule has 2 aromatic heterocycles. The van der Waals surface area contributed by atoms with Gasteiger partial charge in [0.25, 0.3) is 5.91 Å². The molecule has 0 fully saturated rings. The number of carbonyl (C=O) groups is 2. The van der Waals surface area contributed by atoms with E-state index in [1.165, 1.54) is 14.2 Å². The molecule has 7 nitrogen and oxygen atoms in total. The Balaban J connectivity index is 1.66. The van der Waals surface area contributed by atoms with Crippen LogP contribution in [-0.4, -0.2) is 31.1 Å². The number of benzene rings is 2. The Kier molecular flexibility index (Phi) is 5.29. The van der Waals surface area contributed by atoms with Crippen LogP contribution in [0.4, 0.5) is 0 Å². The summed E-state index contributed by atoms with van der Waals surface area (Å²) < 4.78 is 15.6. The number of pyridine rings is 1. The summed E-state index contributed by atoms with van der Waals surface area (Å²) in [5, 5.41) is 4.73. The van der Waals surface area contributed by atoms with Gasteiger partial charge >= 0.3 is 5.97 Å². The first-order valence-corrected chi connectivity index (χ1v) is 9.40. The summed E-state index contributed by atoms with van der Waals surface area (Å²) in [6.45, 7) is 0.153. The van der Waals surface area contributed by atoms with E-state index in [-0.39, 0.29) is 29.7 Å². The van der Waals surface area contributed by atoms with Crippen LogP contribution in [0.3, 0.4) is 0 Å². The zero-order chi connectivity index (χ0) is 21.3. The summed E-state index contributed by atoms with van der Waals surface area (Å²) >= 11 is 6.24. The first kappa shape index (κ1) is 19.7. The average Bonchev–Trinajstić information content (AvgIpc) is 3.20. The molecule has 0 aliphatic carbocycles. The lowest BCUT2D eigenvalue weighted by Gasteiger charge is -2.12. The number of nitrogens with one attached hydrogen (secondary N) is 1. The number of rotatable bonds is 5. The largest absolute Gasteiger partial charge is 0.480 e. The Hall–Kier alpha value is -3.58. The van der Waals surface area contributed by atoms with Gasteiger partial charge in [-0.25, -0.2) is 9.78 Å². The molecule has 0 radical (unpaired) electrons. The van der Waals surface area contributed by atoms with Gasteiger partial charge in [-0.2, -0.15) is 0 Å². The number of amides is 1. The number of carbonyl (C=O) groups excluding carboxylic acids is 2. The minimum Gasteiger partial charge on any atom is -0.480 e. The van der Waals surface area contributed by atoms with Gasteiger partial charge in [0.2, 0.25) is 5.88 Å². The molecule has 4 aromatic rings. The van der Waals surface area contributed by atoms with E-state index in [1.807, 2.05) is 18.2 Å². The van der Waals surface area contributed by atoms with Crippen molar-refractivity contribution >= 4 is 45.3 Å². The van der Waals surface area contributed by atoms with E-state index in [0.717, 1.165) is 5.39 Å². The number of fused-ring (bicyclic) bond motifs is 2. The molecule has 0 unspecified atom stereocenters. The molecule has 0 bridgehead atoms. The summed E-state index contributed by atoms with van der Waals surface area (Å²) in [5.41, 5.74) is 2.04. The summed E-state index contributed by atoms with van der Waals surface area (Å²) in [7, 11) is 2.70. The Morgan fingerprint density at radius 1 is 1.10 bits per heavy atom. The minimum absolute atomic E-state index is 0.126. The van der Waals surface area contributed by atoms with Gasteiger partial charge in [0, 0.05) is 22.3 Å². The summed E-state index contributed by atoms with van der Waals surface area (Å²) in [6, 6.07) is 14.1. The highest BCUT2D eigenvalue weighted by Gasteiger charge is 2.18. The highest BCUT2D eigenvalue weighted by Crippen LogP contribution is 2.28. The Morgan fingerprint density at radius 3 is 2.63 bits per heavy atom. The van der Waals surface area contributed by atoms with Crippen molar-refractivity contribution in [1.82, 2.24) is 10.3 Å². The van der Waals surface area contributed by atoms with Crippen molar-refractivity contribution < 1.29 is 23.5 Å². The highest BCUT2D eigenvalue weighted by molar-refractivity contribution is 6.31. The number of methoxy groups -OCH3 is 2. The molecule has 0 aliphatic heterocycles. The Morgan fingerprint density at radius 2 is 1.90 bits per heavy atom. The predicted octanol–water partition coefficient (Wildman–Crippen LogP) is 4.36. The molecular formula is C22H17ClN2O5. The summed E-state index contributed by atoms with van der Waals surface area (Å²) in [4.78, 5) is 29.0. The predicted molar refractivity (Wildman–Crippen MR) is 112 cm³/mol. The molecule has 152 valence electrons. The molecule has 4 rings (SSSR count). The van der Waals surface area contributed by atoms with Crippen LogP contribution in [0.1, 0.15) is 26.5 Å². The normalized spacial score (nSPS) is 10.9. The number of esters is 1. The molecule has 0 saturated heterocycles. The smallest absolute Gasteiger partial charge is 0.343 e. The number of para-hydroxylation sites is 1. The van der Waals surface area contributed by atoms with Crippen LogP contribution in [0.2, 0.25) is 5.02 Å². The van der Waals surface area contributed by atoms with Crippen LogP contribution < -0.4 is 10.1 Å². The second-order valence-corrected chi connectivity index (χ2v) is 6.94. The third-order valence-corrected chi connectivity index (χ3v) is 4.83. The molecule has 2 aromatic carbocycles. The number of halogens is 1. The summed E-state index contributed by atoms with van der Waals surface area (Å²) in [6.07, 6.45) is 0. The Labute approximate surface area is 176 Å². The van der Waals surface area contributed by atoms with Gasteiger partial charge < -0.3 is 19.2 Å². The van der Waals surface area contributed by atoms with E-state index in [0.29, 0.717) is 27.1 Å². The van der Waals surface area contributed by atoms with Gasteiger partial charge in [0.05, 0.1) is 19.7 Å². The second-order valence-electron chi connectivity index (χ2n) is 6.50. The van der Waals surface area contributed by atoms with E-state index in [2.05, 4.69) is 10.3 Å². The zero-order valence-electron chi connectivity index (χ0n) is 16.2. The van der Waals surface area contributed by atoms with Crippen LogP contribution >= 0.6 is 11.6 Å². The number of hydrogen-bond acceptors (Lipinski definition) is 6. The fourth-order valence-electron chi connectivity index (χ4n) is 3.21. The topological polar surface area (TPSA) is 90.7 Å². The molecule has 30 heavy (non-hydrogen) atoms. The lowest BCUT2D eigenvalue weighted by Crippen LogP contribution is -2.22. The molecule has 0 aliphatic rings. The van der Waals surface area contributed by atoms with Crippen molar-refractivity contribution in [1.29, 1.82) is 0 Å². The van der Waals surface area contributed by atoms with Crippen molar-refractivity contribution in [2.75, 3.05) is 14.2 Å². The van der Waals surface area contributed by atoms with Gasteiger partial charge in [0.15, 0.2) is 5.76 Å². The monoisotopic (exact) mass is 424 g/mol. The van der Waals surface area contributed by atoms with Crippen molar-refractivity contribution in [2.24, 2.45) is 0 Å². The second kappa shape index (κ2) is 8.04. The van der Waals surface area contributed by atoms with Crippen LogP contribution in [0.15, 0.2) is 52.9 Å². The van der Waals surface area contributed by atoms with Crippen LogP contribution in [0, 0.1) is 0 Å². The van der Waals surface area contributed by atoms with Crippen molar-refractivity contribution in [3.63, 3.8) is 0 Å². The fraction of sp³-hybridized carbons (Fsp3) is 0.136.